The summed E-state index contributed by atoms with van der Waals surface area (Å²) < 4.78 is 89.3. The van der Waals surface area contributed by atoms with Crippen LogP contribution in [-0.2, 0) is 48.0 Å². The fraction of sp³-hybridized carbons (Fsp3) is 0.0333. The van der Waals surface area contributed by atoms with Crippen molar-refractivity contribution in [1.82, 2.24) is 0 Å². The number of carbonyl (C=O) groups is 3. The smallest absolute Gasteiger partial charge is 0.288 e. The molecule has 0 bridgehead atoms. The lowest BCUT2D eigenvalue weighted by Gasteiger charge is -2.29. The van der Waals surface area contributed by atoms with E-state index in [1.165, 1.54) is 49.5 Å². The summed E-state index contributed by atoms with van der Waals surface area (Å²) >= 11 is 0. The Kier molecular flexibility index (Phi) is 8.54. The van der Waals surface area contributed by atoms with E-state index in [0.717, 1.165) is 34.9 Å². The molecule has 6 N–H and O–H groups in total. The van der Waals surface area contributed by atoms with Gasteiger partial charge in [0.25, 0.3) is 0 Å². The maximum absolute atomic E-state index is 14.3. The Morgan fingerprint density at radius 1 is 0.700 bits per heavy atom. The first-order chi connectivity index (χ1) is 23.6. The van der Waals surface area contributed by atoms with E-state index in [0.29, 0.717) is 0 Å². The molecule has 0 atom stereocenters. The molecule has 0 saturated carbocycles. The number of carbonyl (C=O) groups excluding carboxylic acids is 3. The molecule has 3 aromatic rings. The van der Waals surface area contributed by atoms with Crippen molar-refractivity contribution in [2.45, 2.75) is 14.7 Å². The van der Waals surface area contributed by atoms with Gasteiger partial charge in [0.2, 0.25) is 11.5 Å². The zero-order chi connectivity index (χ0) is 36.3. The van der Waals surface area contributed by atoms with Crippen LogP contribution >= 0.6 is 0 Å². The molecule has 50 heavy (non-hydrogen) atoms. The minimum absolute atomic E-state index is 0.00319. The molecule has 0 radical (unpaired) electrons. The van der Waals surface area contributed by atoms with Crippen LogP contribution in [0, 0.1) is 0 Å². The van der Waals surface area contributed by atoms with Crippen LogP contribution in [0.15, 0.2) is 115 Å². The van der Waals surface area contributed by atoms with Crippen LogP contribution < -0.4 is 17.7 Å². The maximum atomic E-state index is 14.3. The number of hydrogen-bond donors (Lipinski definition) is 3. The molecule has 0 saturated heterocycles. The SMILES string of the molecule is C[N+]1=C2C=CC(=Nc3c(S(=O)(=O)ON)cccc3S(=O)(=O)ON)C3=C2C(=C(C(=O)c2cccc(S(=O)(=O)ON)c2)C1=O)c1ccccc1C3=O. The summed E-state index contributed by atoms with van der Waals surface area (Å²) in [4.78, 5) is 44.6. The van der Waals surface area contributed by atoms with Gasteiger partial charge in [-0.3, -0.25) is 9.59 Å². The predicted molar refractivity (Wildman–Crippen MR) is 172 cm³/mol. The molecule has 2 aliphatic carbocycles. The van der Waals surface area contributed by atoms with Gasteiger partial charge in [0.1, 0.15) is 28.1 Å². The lowest BCUT2D eigenvalue weighted by atomic mass is 9.72. The Morgan fingerprint density at radius 3 is 1.88 bits per heavy atom. The minimum atomic E-state index is -4.85. The van der Waals surface area contributed by atoms with Crippen LogP contribution in [0.2, 0.25) is 0 Å². The van der Waals surface area contributed by atoms with Crippen molar-refractivity contribution < 1.29 is 57.1 Å². The van der Waals surface area contributed by atoms with Gasteiger partial charge in [-0.15, -0.1) is 0 Å². The van der Waals surface area contributed by atoms with Crippen LogP contribution in [0.1, 0.15) is 26.3 Å². The molecular formula is C30H22N5O12S3+. The number of amides is 1. The Balaban J connectivity index is 1.71. The van der Waals surface area contributed by atoms with Crippen LogP contribution in [0.5, 0.6) is 0 Å². The van der Waals surface area contributed by atoms with E-state index in [2.05, 4.69) is 17.8 Å². The molecule has 1 amide bonds. The molecule has 0 unspecified atom stereocenters. The van der Waals surface area contributed by atoms with Gasteiger partial charge in [-0.1, -0.05) is 42.5 Å². The lowest BCUT2D eigenvalue weighted by molar-refractivity contribution is -0.413. The summed E-state index contributed by atoms with van der Waals surface area (Å²) in [5.41, 5.74) is -1.73. The van der Waals surface area contributed by atoms with Gasteiger partial charge in [-0.05, 0) is 35.9 Å². The summed E-state index contributed by atoms with van der Waals surface area (Å²) in [6, 6.07) is 13.5. The predicted octanol–water partition coefficient (Wildman–Crippen LogP) is 0.519. The topological polar surface area (TPSA) is 275 Å². The summed E-state index contributed by atoms with van der Waals surface area (Å²) in [7, 11) is -12.8. The number of nitrogens with zero attached hydrogens (tertiary/aromatic N) is 2. The number of benzene rings is 3. The molecule has 256 valence electrons. The van der Waals surface area contributed by atoms with E-state index < -0.39 is 73.8 Å². The molecule has 1 aliphatic heterocycles. The average Bonchev–Trinajstić information content (AvgIpc) is 3.12. The summed E-state index contributed by atoms with van der Waals surface area (Å²) in [5.74, 6) is 12.5. The third-order valence-electron chi connectivity index (χ3n) is 7.93. The summed E-state index contributed by atoms with van der Waals surface area (Å²) in [6.07, 6.45) is 2.59. The van der Waals surface area contributed by atoms with Crippen molar-refractivity contribution in [2.24, 2.45) is 22.7 Å². The van der Waals surface area contributed by atoms with E-state index in [1.807, 2.05) is 0 Å². The van der Waals surface area contributed by atoms with E-state index in [4.69, 9.17) is 17.7 Å². The fourth-order valence-corrected chi connectivity index (χ4v) is 7.87. The first-order valence-corrected chi connectivity index (χ1v) is 18.1. The molecule has 0 fully saturated rings. The van der Waals surface area contributed by atoms with Crippen molar-refractivity contribution >= 4 is 70.5 Å². The van der Waals surface area contributed by atoms with Crippen molar-refractivity contribution in [3.05, 3.63) is 112 Å². The van der Waals surface area contributed by atoms with Gasteiger partial charge in [0, 0.05) is 22.8 Å². The molecule has 6 rings (SSSR count). The highest BCUT2D eigenvalue weighted by molar-refractivity contribution is 7.88. The molecule has 1 heterocycles. The molecule has 3 aromatic carbocycles. The third-order valence-corrected chi connectivity index (χ3v) is 11.3. The summed E-state index contributed by atoms with van der Waals surface area (Å²) in [5, 5.41) is 0. The number of rotatable bonds is 9. The molecule has 0 aromatic heterocycles. The molecular weight excluding hydrogens is 719 g/mol. The van der Waals surface area contributed by atoms with Gasteiger partial charge in [-0.2, -0.15) is 60.4 Å². The van der Waals surface area contributed by atoms with E-state index in [-0.39, 0.29) is 44.8 Å². The first-order valence-electron chi connectivity index (χ1n) is 13.8. The van der Waals surface area contributed by atoms with Gasteiger partial charge < -0.3 is 0 Å². The quantitative estimate of drug-likeness (QED) is 0.0887. The van der Waals surface area contributed by atoms with Crippen molar-refractivity contribution in [1.29, 1.82) is 0 Å². The van der Waals surface area contributed by atoms with E-state index >= 15 is 0 Å². The van der Waals surface area contributed by atoms with Gasteiger partial charge in [0.15, 0.2) is 5.78 Å². The Labute approximate surface area is 283 Å². The number of nitrogens with two attached hydrogens (primary N) is 3. The monoisotopic (exact) mass is 740 g/mol. The molecule has 0 spiro atoms. The second kappa shape index (κ2) is 12.3. The summed E-state index contributed by atoms with van der Waals surface area (Å²) in [6.45, 7) is 0. The van der Waals surface area contributed by atoms with Crippen LogP contribution in [-0.4, -0.2) is 65.8 Å². The van der Waals surface area contributed by atoms with Crippen molar-refractivity contribution in [3.63, 3.8) is 0 Å². The van der Waals surface area contributed by atoms with Crippen LogP contribution in [0.4, 0.5) is 5.69 Å². The normalized spacial score (nSPS) is 17.0. The highest BCUT2D eigenvalue weighted by atomic mass is 32.2. The van der Waals surface area contributed by atoms with Crippen molar-refractivity contribution in [2.75, 3.05) is 7.05 Å². The second-order valence-corrected chi connectivity index (χ2v) is 15.2. The van der Waals surface area contributed by atoms with Crippen LogP contribution in [0.25, 0.3) is 5.57 Å². The third kappa shape index (κ3) is 5.40. The Hall–Kier alpha value is -5.16. The van der Waals surface area contributed by atoms with Crippen molar-refractivity contribution in [3.8, 4) is 0 Å². The number of allylic oxidation sites excluding steroid dienone is 5. The molecule has 3 aliphatic rings. The number of Topliss-reactive ketones (excluding diaryl/α,β-unsaturated/α-hetero) is 2. The number of likely N-dealkylation sites (N-methyl/N-ethyl adjacent to an activating group) is 1. The fourth-order valence-electron chi connectivity index (χ4n) is 5.69. The lowest BCUT2D eigenvalue weighted by Crippen LogP contribution is -2.39. The van der Waals surface area contributed by atoms with E-state index in [9.17, 15) is 39.6 Å². The number of fused-ring (bicyclic) bond motifs is 2. The molecule has 20 heteroatoms. The zero-order valence-electron chi connectivity index (χ0n) is 25.3. The van der Waals surface area contributed by atoms with Gasteiger partial charge in [0.05, 0.1) is 21.8 Å². The second-order valence-electron chi connectivity index (χ2n) is 10.6. The Morgan fingerprint density at radius 2 is 1.28 bits per heavy atom. The number of aliphatic imine (C=N–C) groups is 1. The maximum Gasteiger partial charge on any atom is 0.424 e. The minimum Gasteiger partial charge on any atom is -0.288 e. The first kappa shape index (κ1) is 34.7. The largest absolute Gasteiger partial charge is 0.424 e. The highest BCUT2D eigenvalue weighted by Gasteiger charge is 2.48. The average molecular weight is 741 g/mol. The number of para-hydroxylation sites is 1. The molecule has 17 nitrogen and oxygen atoms in total. The van der Waals surface area contributed by atoms with E-state index in [1.54, 1.807) is 6.07 Å². The standard InChI is InChI=1S/C30H22N5O12S3/c1-35-20-13-12-19(34-27-21(49(41,42)46-32)10-5-11-22(27)50(43,44)47-33)24-25(20)23(17-8-2-3-9-18(17)29(24)37)26(30(35)38)28(36)15-6-4-7-16(14-15)48(39,40)45-31/h2-14H,31-33H2,1H3/q+1. The van der Waals surface area contributed by atoms with Gasteiger partial charge in [-0.25, -0.2) is 9.79 Å². The number of ketones is 2. The highest BCUT2D eigenvalue weighted by Crippen LogP contribution is 2.44. The van der Waals surface area contributed by atoms with Crippen LogP contribution in [0.3, 0.4) is 0 Å². The van der Waals surface area contributed by atoms with Gasteiger partial charge >= 0.3 is 36.3 Å². The number of hydrogen-bond acceptors (Lipinski definition) is 16. The Bertz CT molecular complexity index is 2550. The zero-order valence-corrected chi connectivity index (χ0v) is 27.7.